The molecule has 0 amide bonds. The van der Waals surface area contributed by atoms with Crippen molar-refractivity contribution in [3.63, 3.8) is 0 Å². The normalized spacial score (nSPS) is 10.0. The van der Waals surface area contributed by atoms with Crippen molar-refractivity contribution < 1.29 is 34.5 Å². The van der Waals surface area contributed by atoms with Crippen LogP contribution in [0.5, 0.6) is 0 Å². The zero-order chi connectivity index (χ0) is 9.40. The van der Waals surface area contributed by atoms with Gasteiger partial charge in [0.05, 0.1) is 12.1 Å². The Hall–Kier alpha value is -0.727. The van der Waals surface area contributed by atoms with Gasteiger partial charge in [-0.2, -0.15) is 36.4 Å². The number of rotatable bonds is 1. The van der Waals surface area contributed by atoms with E-state index >= 15 is 0 Å². The molecule has 0 aliphatic rings. The summed E-state index contributed by atoms with van der Waals surface area (Å²) in [5.74, 6) is -1.44. The molecule has 0 spiro atoms. The number of carboxylic acids is 1. The predicted octanol–water partition coefficient (Wildman–Crippen LogP) is -0.399. The molecule has 0 bridgehead atoms. The van der Waals surface area contributed by atoms with Gasteiger partial charge in [-0.15, -0.1) is 0 Å². The number of carbonyl (C=O) groups is 1. The van der Waals surface area contributed by atoms with E-state index in [1.54, 1.807) is 0 Å². The zero-order valence-corrected chi connectivity index (χ0v) is 10.4. The number of carbonyl (C=O) groups excluding carboxylic acids is 1. The van der Waals surface area contributed by atoms with Crippen LogP contribution in [0.1, 0.15) is 6.92 Å². The third kappa shape index (κ3) is 11.3. The maximum Gasteiger partial charge on any atom is 2.00 e. The first-order chi connectivity index (χ1) is 5.64. The van der Waals surface area contributed by atoms with E-state index in [1.807, 2.05) is 30.3 Å². The Balaban J connectivity index is 0. The maximum absolute atomic E-state index is 9.34. The molecule has 4 heteroatoms. The van der Waals surface area contributed by atoms with Crippen LogP contribution in [-0.2, 0) is 24.3 Å². The molecule has 1 aromatic carbocycles. The number of hydrogen-bond acceptors (Lipinski definition) is 3. The minimum absolute atomic E-state index is 0. The average Bonchev–Trinajstić information content (AvgIpc) is 2.08. The molecular weight excluding hydrogens is 221 g/mol. The van der Waals surface area contributed by atoms with Crippen LogP contribution < -0.4 is 5.11 Å². The van der Waals surface area contributed by atoms with Crippen LogP contribution in [0, 0.1) is 6.07 Å². The molecule has 0 fully saturated rings. The molecule has 66 valence electrons. The number of hydrogen-bond donors (Lipinski definition) is 1. The minimum atomic E-state index is -1.44. The van der Waals surface area contributed by atoms with Crippen LogP contribution in [0.3, 0.4) is 0 Å². The van der Waals surface area contributed by atoms with E-state index in [2.05, 4.69) is 6.07 Å². The van der Waals surface area contributed by atoms with Crippen molar-refractivity contribution in [1.82, 2.24) is 0 Å². The summed E-state index contributed by atoms with van der Waals surface area (Å²) < 4.78 is 0. The molecule has 3 nitrogen and oxygen atoms in total. The van der Waals surface area contributed by atoms with E-state index < -0.39 is 12.1 Å². The number of benzene rings is 1. The van der Waals surface area contributed by atoms with Crippen LogP contribution in [-0.4, -0.2) is 17.2 Å². The smallest absolute Gasteiger partial charge is 0.547 e. The molecule has 0 aromatic heterocycles. The van der Waals surface area contributed by atoms with E-state index in [9.17, 15) is 9.90 Å². The molecule has 0 heterocycles. The molecule has 1 atom stereocenters. The Labute approximate surface area is 90.2 Å². The fourth-order valence-electron chi connectivity index (χ4n) is 0.342. The quantitative estimate of drug-likeness (QED) is 0.529. The van der Waals surface area contributed by atoms with Crippen molar-refractivity contribution >= 4 is 5.97 Å². The van der Waals surface area contributed by atoms with Gasteiger partial charge in [0.1, 0.15) is 0 Å². The molecule has 0 aliphatic carbocycles. The molecule has 0 saturated carbocycles. The molecular formula is C9H10O3Zn. The first kappa shape index (κ1) is 14.8. The fraction of sp³-hybridized carbons (Fsp3) is 0.222. The van der Waals surface area contributed by atoms with Gasteiger partial charge >= 0.3 is 19.5 Å². The Morgan fingerprint density at radius 1 is 1.38 bits per heavy atom. The van der Waals surface area contributed by atoms with Crippen molar-refractivity contribution in [2.75, 3.05) is 0 Å². The number of aliphatic hydroxyl groups is 1. The van der Waals surface area contributed by atoms with E-state index in [0.29, 0.717) is 0 Å². The molecule has 0 saturated heterocycles. The second-order valence-electron chi connectivity index (χ2n) is 2.07. The Morgan fingerprint density at radius 3 is 1.85 bits per heavy atom. The second kappa shape index (κ2) is 9.36. The van der Waals surface area contributed by atoms with Crippen molar-refractivity contribution in [2.45, 2.75) is 13.0 Å². The van der Waals surface area contributed by atoms with Gasteiger partial charge in [0.2, 0.25) is 0 Å². The van der Waals surface area contributed by atoms with E-state index in [0.717, 1.165) is 6.92 Å². The monoisotopic (exact) mass is 230 g/mol. The van der Waals surface area contributed by atoms with E-state index in [1.165, 1.54) is 0 Å². The standard InChI is InChI=1S/C6H5.C3H6O3.Zn/c1-2-4-6-5-3-1;1-2(4)3(5)6;/h1-5H;2,4H,1H3,(H,5,6);/q-1;;+2/p-1. The van der Waals surface area contributed by atoms with Crippen LogP contribution in [0.4, 0.5) is 0 Å². The Kier molecular flexibility index (Phi) is 10.6. The summed E-state index contributed by atoms with van der Waals surface area (Å²) in [6, 6.07) is 12.5. The SMILES string of the molecule is CC(O)C(=O)[O-].[Zn+2].[c-]1ccccc1. The van der Waals surface area contributed by atoms with Gasteiger partial charge in [-0.25, -0.2) is 0 Å². The molecule has 0 radical (unpaired) electrons. The van der Waals surface area contributed by atoms with Gasteiger partial charge in [0.25, 0.3) is 0 Å². The summed E-state index contributed by atoms with van der Waals surface area (Å²) in [5.41, 5.74) is 0. The summed E-state index contributed by atoms with van der Waals surface area (Å²) in [6.07, 6.45) is -1.34. The van der Waals surface area contributed by atoms with Crippen LogP contribution in [0.2, 0.25) is 0 Å². The molecule has 1 N–H and O–H groups in total. The first-order valence-corrected chi connectivity index (χ1v) is 3.44. The third-order valence-corrected chi connectivity index (χ3v) is 0.948. The van der Waals surface area contributed by atoms with Crippen LogP contribution >= 0.6 is 0 Å². The average molecular weight is 232 g/mol. The molecule has 1 rings (SSSR count). The number of aliphatic hydroxyl groups excluding tert-OH is 1. The van der Waals surface area contributed by atoms with Gasteiger partial charge in [0.15, 0.2) is 0 Å². The van der Waals surface area contributed by atoms with Crippen molar-refractivity contribution in [2.24, 2.45) is 0 Å². The summed E-state index contributed by atoms with van der Waals surface area (Å²) in [5, 5.41) is 17.3. The van der Waals surface area contributed by atoms with E-state index in [-0.39, 0.29) is 19.5 Å². The summed E-state index contributed by atoms with van der Waals surface area (Å²) >= 11 is 0. The summed E-state index contributed by atoms with van der Waals surface area (Å²) in [4.78, 5) is 9.34. The molecule has 1 unspecified atom stereocenters. The largest absolute Gasteiger partial charge is 2.00 e. The van der Waals surface area contributed by atoms with Crippen molar-refractivity contribution in [1.29, 1.82) is 0 Å². The van der Waals surface area contributed by atoms with Gasteiger partial charge in [-0.05, 0) is 6.92 Å². The van der Waals surface area contributed by atoms with Gasteiger partial charge in [0, 0.05) is 0 Å². The summed E-state index contributed by atoms with van der Waals surface area (Å²) in [7, 11) is 0. The first-order valence-electron chi connectivity index (χ1n) is 3.44. The molecule has 0 aliphatic heterocycles. The van der Waals surface area contributed by atoms with E-state index in [4.69, 9.17) is 5.11 Å². The maximum atomic E-state index is 9.34. The van der Waals surface area contributed by atoms with Crippen LogP contribution in [0.15, 0.2) is 30.3 Å². The van der Waals surface area contributed by atoms with Gasteiger partial charge in [-0.1, -0.05) is 0 Å². The third-order valence-electron chi connectivity index (χ3n) is 0.948. The topological polar surface area (TPSA) is 60.4 Å². The zero-order valence-electron chi connectivity index (χ0n) is 7.43. The second-order valence-corrected chi connectivity index (χ2v) is 2.07. The summed E-state index contributed by atoms with van der Waals surface area (Å²) in [6.45, 7) is 1.13. The molecule has 1 aromatic rings. The fourth-order valence-corrected chi connectivity index (χ4v) is 0.342. The predicted molar refractivity (Wildman–Crippen MR) is 42.0 cm³/mol. The van der Waals surface area contributed by atoms with Crippen LogP contribution in [0.25, 0.3) is 0 Å². The minimum Gasteiger partial charge on any atom is -0.547 e. The van der Waals surface area contributed by atoms with Gasteiger partial charge < -0.3 is 15.0 Å². The Bertz CT molecular complexity index is 185. The van der Waals surface area contributed by atoms with Crippen molar-refractivity contribution in [3.8, 4) is 0 Å². The number of carboxylic acid groups (broad SMARTS) is 1. The number of aliphatic carboxylic acids is 1. The van der Waals surface area contributed by atoms with Gasteiger partial charge in [-0.3, -0.25) is 0 Å². The Morgan fingerprint density at radius 2 is 1.77 bits per heavy atom. The molecule has 13 heavy (non-hydrogen) atoms. The van der Waals surface area contributed by atoms with Crippen molar-refractivity contribution in [3.05, 3.63) is 36.4 Å².